The summed E-state index contributed by atoms with van der Waals surface area (Å²) < 4.78 is 10.4. The van der Waals surface area contributed by atoms with E-state index in [1.165, 1.54) is 4.90 Å². The van der Waals surface area contributed by atoms with E-state index in [4.69, 9.17) is 9.47 Å². The fraction of sp³-hybridized carbons (Fsp3) is 0.824. The van der Waals surface area contributed by atoms with Crippen molar-refractivity contribution >= 4 is 18.1 Å². The van der Waals surface area contributed by atoms with Crippen LogP contribution in [0.4, 0.5) is 9.59 Å². The van der Waals surface area contributed by atoms with Crippen LogP contribution in [-0.2, 0) is 14.3 Å². The van der Waals surface area contributed by atoms with Crippen molar-refractivity contribution in [2.75, 3.05) is 6.54 Å². The van der Waals surface area contributed by atoms with Crippen molar-refractivity contribution in [1.29, 1.82) is 0 Å². The van der Waals surface area contributed by atoms with E-state index in [2.05, 4.69) is 5.32 Å². The number of hydrogen-bond donors (Lipinski definition) is 1. The molecule has 0 radical (unpaired) electrons. The number of hydrogen-bond acceptors (Lipinski definition) is 5. The predicted molar refractivity (Wildman–Crippen MR) is 87.5 cm³/mol. The summed E-state index contributed by atoms with van der Waals surface area (Å²) in [5.41, 5.74) is -0.521. The molecule has 0 aromatic heterocycles. The van der Waals surface area contributed by atoms with Crippen molar-refractivity contribution in [2.24, 2.45) is 0 Å². The molecule has 3 amide bonds. The number of nitrogens with zero attached hydrogens (tertiary/aromatic N) is 1. The number of alkyl carbamates (subject to hydrolysis) is 1. The second-order valence-electron chi connectivity index (χ2n) is 7.42. The van der Waals surface area contributed by atoms with Gasteiger partial charge in [0, 0.05) is 13.0 Å². The third kappa shape index (κ3) is 5.11. The van der Waals surface area contributed by atoms with Gasteiger partial charge in [-0.3, -0.25) is 4.79 Å². The maximum Gasteiger partial charge on any atom is 0.417 e. The van der Waals surface area contributed by atoms with Crippen molar-refractivity contribution in [3.63, 3.8) is 0 Å². The first-order chi connectivity index (χ1) is 11.3. The van der Waals surface area contributed by atoms with Gasteiger partial charge in [0.15, 0.2) is 0 Å². The summed E-state index contributed by atoms with van der Waals surface area (Å²) in [6, 6.07) is -0.0846. The average Bonchev–Trinajstić information content (AvgIpc) is 2.80. The quantitative estimate of drug-likeness (QED) is 0.778. The number of amides is 3. The summed E-state index contributed by atoms with van der Waals surface area (Å²) in [5.74, 6) is -0.174. The fourth-order valence-corrected chi connectivity index (χ4v) is 3.14. The topological polar surface area (TPSA) is 84.9 Å². The first kappa shape index (κ1) is 18.5. The van der Waals surface area contributed by atoms with Gasteiger partial charge in [-0.25, -0.2) is 14.5 Å². The highest BCUT2D eigenvalue weighted by molar-refractivity contribution is 5.93. The molecule has 0 unspecified atom stereocenters. The molecule has 0 aromatic rings. The molecule has 0 bridgehead atoms. The van der Waals surface area contributed by atoms with E-state index in [0.29, 0.717) is 19.4 Å². The van der Waals surface area contributed by atoms with Crippen LogP contribution in [0.5, 0.6) is 0 Å². The molecular weight excluding hydrogens is 312 g/mol. The molecule has 1 saturated heterocycles. The number of ether oxygens (including phenoxy) is 2. The first-order valence-corrected chi connectivity index (χ1v) is 8.77. The highest BCUT2D eigenvalue weighted by Gasteiger charge is 2.45. The van der Waals surface area contributed by atoms with Gasteiger partial charge < -0.3 is 14.8 Å². The minimum Gasteiger partial charge on any atom is -0.444 e. The molecule has 1 N–H and O–H groups in total. The van der Waals surface area contributed by atoms with Crippen molar-refractivity contribution < 1.29 is 23.9 Å². The molecule has 7 nitrogen and oxygen atoms in total. The number of fused-ring (bicyclic) bond motifs is 1. The van der Waals surface area contributed by atoms with E-state index in [-0.39, 0.29) is 24.5 Å². The lowest BCUT2D eigenvalue weighted by molar-refractivity contribution is -0.129. The van der Waals surface area contributed by atoms with Crippen LogP contribution in [0.3, 0.4) is 0 Å². The molecule has 1 heterocycles. The third-order valence-electron chi connectivity index (χ3n) is 4.20. The van der Waals surface area contributed by atoms with Crippen LogP contribution in [-0.4, -0.2) is 47.3 Å². The normalized spacial score (nSPS) is 23.5. The fourth-order valence-electron chi connectivity index (χ4n) is 3.14. The lowest BCUT2D eigenvalue weighted by Crippen LogP contribution is -2.42. The van der Waals surface area contributed by atoms with Gasteiger partial charge in [0.25, 0.3) is 0 Å². The van der Waals surface area contributed by atoms with E-state index in [1.807, 2.05) is 0 Å². The van der Waals surface area contributed by atoms with Gasteiger partial charge in [-0.15, -0.1) is 0 Å². The molecule has 1 saturated carbocycles. The molecule has 1 aliphatic carbocycles. The third-order valence-corrected chi connectivity index (χ3v) is 4.20. The number of nitrogens with one attached hydrogen (secondary N) is 1. The van der Waals surface area contributed by atoms with Gasteiger partial charge >= 0.3 is 12.2 Å². The van der Waals surface area contributed by atoms with Crippen molar-refractivity contribution in [1.82, 2.24) is 10.2 Å². The number of carbonyl (C=O) groups is 3. The summed E-state index contributed by atoms with van der Waals surface area (Å²) in [6.07, 6.45) is 4.23. The Morgan fingerprint density at radius 1 is 1.25 bits per heavy atom. The van der Waals surface area contributed by atoms with Crippen LogP contribution in [0, 0.1) is 0 Å². The molecule has 136 valence electrons. The predicted octanol–water partition coefficient (Wildman–Crippen LogP) is 2.97. The maximum absolute atomic E-state index is 12.3. The Hall–Kier alpha value is -1.79. The summed E-state index contributed by atoms with van der Waals surface area (Å²) >= 11 is 0. The number of rotatable bonds is 5. The zero-order chi connectivity index (χ0) is 17.7. The van der Waals surface area contributed by atoms with Crippen LogP contribution in [0.25, 0.3) is 0 Å². The van der Waals surface area contributed by atoms with Gasteiger partial charge in [0.1, 0.15) is 11.7 Å². The van der Waals surface area contributed by atoms with E-state index < -0.39 is 17.8 Å². The first-order valence-electron chi connectivity index (χ1n) is 8.77. The molecule has 0 aromatic carbocycles. The van der Waals surface area contributed by atoms with E-state index in [9.17, 15) is 14.4 Å². The van der Waals surface area contributed by atoms with E-state index >= 15 is 0 Å². The van der Waals surface area contributed by atoms with E-state index in [1.54, 1.807) is 20.8 Å². The molecule has 24 heavy (non-hydrogen) atoms. The number of carbonyl (C=O) groups excluding carboxylic acids is 3. The number of unbranched alkanes of at least 4 members (excludes halogenated alkanes) is 1. The second-order valence-corrected chi connectivity index (χ2v) is 7.42. The Balaban J connectivity index is 1.66. The van der Waals surface area contributed by atoms with Gasteiger partial charge in [-0.2, -0.15) is 0 Å². The Morgan fingerprint density at radius 2 is 1.96 bits per heavy atom. The summed E-state index contributed by atoms with van der Waals surface area (Å²) in [5, 5.41) is 2.66. The van der Waals surface area contributed by atoms with Crippen molar-refractivity contribution in [3.8, 4) is 0 Å². The van der Waals surface area contributed by atoms with Crippen LogP contribution in [0.2, 0.25) is 0 Å². The van der Waals surface area contributed by atoms with Crippen LogP contribution in [0.15, 0.2) is 0 Å². The minimum absolute atomic E-state index is 0.0846. The van der Waals surface area contributed by atoms with Crippen molar-refractivity contribution in [2.45, 2.75) is 83.5 Å². The zero-order valence-corrected chi connectivity index (χ0v) is 14.8. The Morgan fingerprint density at radius 3 is 2.67 bits per heavy atom. The Bertz CT molecular complexity index is 486. The lowest BCUT2D eigenvalue weighted by atomic mass is 9.92. The molecule has 2 aliphatic rings. The highest BCUT2D eigenvalue weighted by Crippen LogP contribution is 2.32. The van der Waals surface area contributed by atoms with Gasteiger partial charge in [-0.1, -0.05) is 6.42 Å². The van der Waals surface area contributed by atoms with Crippen LogP contribution < -0.4 is 5.32 Å². The largest absolute Gasteiger partial charge is 0.444 e. The Kier molecular flexibility index (Phi) is 6.07. The highest BCUT2D eigenvalue weighted by atomic mass is 16.6. The molecule has 0 spiro atoms. The summed E-state index contributed by atoms with van der Waals surface area (Å²) in [6.45, 7) is 5.86. The average molecular weight is 340 g/mol. The molecule has 2 rings (SSSR count). The summed E-state index contributed by atoms with van der Waals surface area (Å²) in [7, 11) is 0. The maximum atomic E-state index is 12.3. The summed E-state index contributed by atoms with van der Waals surface area (Å²) in [4.78, 5) is 37.0. The monoisotopic (exact) mass is 340 g/mol. The lowest BCUT2D eigenvalue weighted by Gasteiger charge is -2.26. The Labute approximate surface area is 143 Å². The van der Waals surface area contributed by atoms with Gasteiger partial charge in [-0.05, 0) is 52.9 Å². The van der Waals surface area contributed by atoms with Gasteiger partial charge in [0.05, 0.1) is 6.04 Å². The molecular formula is C17H28N2O5. The number of imide groups is 1. The minimum atomic E-state index is -0.521. The smallest absolute Gasteiger partial charge is 0.417 e. The standard InChI is InChI=1S/C17H28N2O5/c1-17(2,3)24-15(21)18-11-7-6-10-14(20)19-12-8-4-5-9-13(12)23-16(19)22/h12-13H,4-11H2,1-3H3,(H,18,21)/t12-,13-/m1/s1. The molecule has 1 aliphatic heterocycles. The van der Waals surface area contributed by atoms with Crippen LogP contribution >= 0.6 is 0 Å². The molecule has 7 heteroatoms. The van der Waals surface area contributed by atoms with Crippen LogP contribution in [0.1, 0.15) is 65.7 Å². The van der Waals surface area contributed by atoms with Crippen molar-refractivity contribution in [3.05, 3.63) is 0 Å². The second kappa shape index (κ2) is 7.85. The zero-order valence-electron chi connectivity index (χ0n) is 14.8. The molecule has 2 atom stereocenters. The van der Waals surface area contributed by atoms with Gasteiger partial charge in [0.2, 0.25) is 5.91 Å². The SMILES string of the molecule is CC(C)(C)OC(=O)NCCCCC(=O)N1C(=O)O[C@@H]2CCCC[C@H]21. The van der Waals surface area contributed by atoms with E-state index in [0.717, 1.165) is 25.7 Å². The molecule has 2 fully saturated rings.